The number of ether oxygens (including phenoxy) is 2. The minimum atomic E-state index is -0.164. The van der Waals surface area contributed by atoms with E-state index in [0.717, 1.165) is 12.8 Å². The third-order valence-electron chi connectivity index (χ3n) is 3.25. The van der Waals surface area contributed by atoms with Gasteiger partial charge in [0.2, 0.25) is 5.91 Å². The molecule has 1 amide bonds. The standard InChI is InChI=1S/C16H24BrNO3/c1-4-5-6-7-8-13(17)16(19)18-12-9-10-14(20-2)15(11-12)21-3/h9-11,13H,4-8H2,1-3H3,(H,18,19)/t13-/m0/s1. The summed E-state index contributed by atoms with van der Waals surface area (Å²) in [7, 11) is 3.16. The molecule has 0 aliphatic rings. The predicted octanol–water partition coefficient (Wildman–Crippen LogP) is 4.38. The van der Waals surface area contributed by atoms with Crippen molar-refractivity contribution in [3.8, 4) is 11.5 Å². The predicted molar refractivity (Wildman–Crippen MR) is 89.6 cm³/mol. The maximum atomic E-state index is 12.1. The van der Waals surface area contributed by atoms with Gasteiger partial charge in [-0.25, -0.2) is 0 Å². The number of carbonyl (C=O) groups excluding carboxylic acids is 1. The highest BCUT2D eigenvalue weighted by atomic mass is 79.9. The van der Waals surface area contributed by atoms with Gasteiger partial charge in [-0.3, -0.25) is 4.79 Å². The molecule has 4 nitrogen and oxygen atoms in total. The summed E-state index contributed by atoms with van der Waals surface area (Å²) >= 11 is 3.45. The Bertz CT molecular complexity index is 451. The van der Waals surface area contributed by atoms with Crippen LogP contribution in [0.25, 0.3) is 0 Å². The summed E-state index contributed by atoms with van der Waals surface area (Å²) in [6.45, 7) is 2.18. The molecule has 0 saturated heterocycles. The summed E-state index contributed by atoms with van der Waals surface area (Å²) in [4.78, 5) is 11.9. The number of amides is 1. The first kappa shape index (κ1) is 17.8. The molecule has 0 spiro atoms. The van der Waals surface area contributed by atoms with Crippen LogP contribution in [-0.4, -0.2) is 25.0 Å². The van der Waals surface area contributed by atoms with E-state index in [0.29, 0.717) is 17.2 Å². The maximum Gasteiger partial charge on any atom is 0.238 e. The lowest BCUT2D eigenvalue weighted by molar-refractivity contribution is -0.115. The molecule has 1 aromatic rings. The van der Waals surface area contributed by atoms with E-state index in [1.807, 2.05) is 0 Å². The summed E-state index contributed by atoms with van der Waals surface area (Å²) in [5, 5.41) is 2.89. The SMILES string of the molecule is CCCCCC[C@H](Br)C(=O)Nc1ccc(OC)c(OC)c1. The van der Waals surface area contributed by atoms with Crippen molar-refractivity contribution >= 4 is 27.5 Å². The van der Waals surface area contributed by atoms with Crippen LogP contribution in [0.4, 0.5) is 5.69 Å². The van der Waals surface area contributed by atoms with Crippen molar-refractivity contribution in [1.82, 2.24) is 0 Å². The molecule has 21 heavy (non-hydrogen) atoms. The zero-order chi connectivity index (χ0) is 15.7. The van der Waals surface area contributed by atoms with Gasteiger partial charge in [0.25, 0.3) is 0 Å². The minimum absolute atomic E-state index is 0.0290. The smallest absolute Gasteiger partial charge is 0.238 e. The topological polar surface area (TPSA) is 47.6 Å². The molecule has 5 heteroatoms. The Hall–Kier alpha value is -1.23. The van der Waals surface area contributed by atoms with Gasteiger partial charge in [-0.2, -0.15) is 0 Å². The number of anilines is 1. The Kier molecular flexibility index (Phi) is 8.20. The fourth-order valence-electron chi connectivity index (χ4n) is 2.02. The average molecular weight is 358 g/mol. The second-order valence-corrected chi connectivity index (χ2v) is 5.98. The van der Waals surface area contributed by atoms with Gasteiger partial charge >= 0.3 is 0 Å². The molecule has 0 heterocycles. The molecule has 0 aromatic heterocycles. The number of halogens is 1. The second-order valence-electron chi connectivity index (χ2n) is 4.88. The van der Waals surface area contributed by atoms with Crippen LogP contribution in [0.1, 0.15) is 39.0 Å². The van der Waals surface area contributed by atoms with E-state index in [4.69, 9.17) is 9.47 Å². The largest absolute Gasteiger partial charge is 0.493 e. The lowest BCUT2D eigenvalue weighted by atomic mass is 10.1. The van der Waals surface area contributed by atoms with Gasteiger partial charge in [-0.15, -0.1) is 0 Å². The van der Waals surface area contributed by atoms with Crippen molar-refractivity contribution < 1.29 is 14.3 Å². The second kappa shape index (κ2) is 9.66. The molecule has 0 bridgehead atoms. The summed E-state index contributed by atoms with van der Waals surface area (Å²) in [6, 6.07) is 5.34. The van der Waals surface area contributed by atoms with Crippen LogP contribution in [0.15, 0.2) is 18.2 Å². The van der Waals surface area contributed by atoms with E-state index < -0.39 is 0 Å². The fourth-order valence-corrected chi connectivity index (χ4v) is 2.45. The first-order valence-corrected chi connectivity index (χ1v) is 8.20. The van der Waals surface area contributed by atoms with Gasteiger partial charge in [0.1, 0.15) is 0 Å². The normalized spacial score (nSPS) is 11.8. The Balaban J connectivity index is 2.53. The number of carbonyl (C=O) groups is 1. The van der Waals surface area contributed by atoms with Gasteiger partial charge in [0, 0.05) is 11.8 Å². The summed E-state index contributed by atoms with van der Waals surface area (Å²) < 4.78 is 10.4. The third-order valence-corrected chi connectivity index (χ3v) is 4.12. The van der Waals surface area contributed by atoms with Gasteiger partial charge in [-0.05, 0) is 18.6 Å². The van der Waals surface area contributed by atoms with Gasteiger partial charge in [-0.1, -0.05) is 48.5 Å². The molecular formula is C16H24BrNO3. The maximum absolute atomic E-state index is 12.1. The lowest BCUT2D eigenvalue weighted by Crippen LogP contribution is -2.22. The first-order chi connectivity index (χ1) is 10.1. The molecule has 1 rings (SSSR count). The highest BCUT2D eigenvalue weighted by Gasteiger charge is 2.15. The van der Waals surface area contributed by atoms with Crippen LogP contribution in [0.3, 0.4) is 0 Å². The Morgan fingerprint density at radius 3 is 2.52 bits per heavy atom. The van der Waals surface area contributed by atoms with Crippen LogP contribution >= 0.6 is 15.9 Å². The van der Waals surface area contributed by atoms with Crippen LogP contribution in [0.5, 0.6) is 11.5 Å². The van der Waals surface area contributed by atoms with E-state index >= 15 is 0 Å². The number of nitrogens with one attached hydrogen (secondary N) is 1. The molecule has 0 aliphatic carbocycles. The van der Waals surface area contributed by atoms with Crippen molar-refractivity contribution in [2.75, 3.05) is 19.5 Å². The molecule has 0 radical (unpaired) electrons. The zero-order valence-corrected chi connectivity index (χ0v) is 14.5. The van der Waals surface area contributed by atoms with E-state index in [1.54, 1.807) is 32.4 Å². The number of methoxy groups -OCH3 is 2. The number of unbranched alkanes of at least 4 members (excludes halogenated alkanes) is 3. The number of alkyl halides is 1. The highest BCUT2D eigenvalue weighted by Crippen LogP contribution is 2.30. The highest BCUT2D eigenvalue weighted by molar-refractivity contribution is 9.10. The van der Waals surface area contributed by atoms with Gasteiger partial charge < -0.3 is 14.8 Å². The summed E-state index contributed by atoms with van der Waals surface area (Å²) in [5.41, 5.74) is 0.704. The Labute approximate surface area is 135 Å². The number of hydrogen-bond acceptors (Lipinski definition) is 3. The molecule has 1 aromatic carbocycles. The summed E-state index contributed by atoms with van der Waals surface area (Å²) in [5.74, 6) is 1.22. The van der Waals surface area contributed by atoms with Gasteiger partial charge in [0.05, 0.1) is 19.0 Å². The van der Waals surface area contributed by atoms with E-state index in [9.17, 15) is 4.79 Å². The molecule has 0 saturated carbocycles. The Morgan fingerprint density at radius 1 is 1.19 bits per heavy atom. The molecule has 0 unspecified atom stereocenters. The number of hydrogen-bond donors (Lipinski definition) is 1. The first-order valence-electron chi connectivity index (χ1n) is 7.29. The third kappa shape index (κ3) is 5.96. The molecule has 1 N–H and O–H groups in total. The summed E-state index contributed by atoms with van der Waals surface area (Å²) in [6.07, 6.45) is 5.49. The molecule has 118 valence electrons. The quantitative estimate of drug-likeness (QED) is 0.527. The van der Waals surface area contributed by atoms with E-state index in [2.05, 4.69) is 28.2 Å². The Morgan fingerprint density at radius 2 is 1.90 bits per heavy atom. The monoisotopic (exact) mass is 357 g/mol. The lowest BCUT2D eigenvalue weighted by Gasteiger charge is -2.13. The van der Waals surface area contributed by atoms with Crippen LogP contribution < -0.4 is 14.8 Å². The van der Waals surface area contributed by atoms with Crippen molar-refractivity contribution in [2.24, 2.45) is 0 Å². The molecule has 0 aliphatic heterocycles. The molecule has 0 fully saturated rings. The van der Waals surface area contributed by atoms with Crippen molar-refractivity contribution in [3.63, 3.8) is 0 Å². The average Bonchev–Trinajstić information content (AvgIpc) is 2.51. The van der Waals surface area contributed by atoms with Crippen LogP contribution in [0.2, 0.25) is 0 Å². The number of rotatable bonds is 9. The molecule has 1 atom stereocenters. The van der Waals surface area contributed by atoms with Gasteiger partial charge in [0.15, 0.2) is 11.5 Å². The zero-order valence-electron chi connectivity index (χ0n) is 12.9. The van der Waals surface area contributed by atoms with Crippen molar-refractivity contribution in [3.05, 3.63) is 18.2 Å². The van der Waals surface area contributed by atoms with Crippen LogP contribution in [0, 0.1) is 0 Å². The van der Waals surface area contributed by atoms with Crippen molar-refractivity contribution in [2.45, 2.75) is 43.9 Å². The fraction of sp³-hybridized carbons (Fsp3) is 0.562. The van der Waals surface area contributed by atoms with Crippen LogP contribution in [-0.2, 0) is 4.79 Å². The van der Waals surface area contributed by atoms with E-state index in [1.165, 1.54) is 19.3 Å². The molecular weight excluding hydrogens is 334 g/mol. The minimum Gasteiger partial charge on any atom is -0.493 e. The van der Waals surface area contributed by atoms with E-state index in [-0.39, 0.29) is 10.7 Å². The number of benzene rings is 1. The van der Waals surface area contributed by atoms with Crippen molar-refractivity contribution in [1.29, 1.82) is 0 Å².